The molecule has 4 aromatic carbocycles. The number of halogens is 4. The van der Waals surface area contributed by atoms with Crippen molar-refractivity contribution in [3.05, 3.63) is 138 Å². The zero-order chi connectivity index (χ0) is 43.1. The topological polar surface area (TPSA) is 231 Å². The first-order valence-corrected chi connectivity index (χ1v) is 21.6. The maximum absolute atomic E-state index is 12.0. The Kier molecular flexibility index (Phi) is 24.7. The molecule has 0 spiro atoms. The van der Waals surface area contributed by atoms with Gasteiger partial charge in [-0.3, -0.25) is 19.3 Å². The van der Waals surface area contributed by atoms with Gasteiger partial charge < -0.3 is 22.1 Å². The first kappa shape index (κ1) is 54.9. The molecule has 8 N–H and O–H groups in total. The lowest BCUT2D eigenvalue weighted by molar-refractivity contribution is -0.207. The van der Waals surface area contributed by atoms with Crippen LogP contribution in [0.15, 0.2) is 84.9 Å². The quantitative estimate of drug-likeness (QED) is 0.0707. The van der Waals surface area contributed by atoms with Gasteiger partial charge in [-0.05, 0) is 83.3 Å². The summed E-state index contributed by atoms with van der Waals surface area (Å²) in [6.45, 7) is 10.7. The zero-order valence-electron chi connectivity index (χ0n) is 34.6. The fraction of sp³-hybridized carbons (Fsp3) is 0.350. The molecule has 328 valence electrons. The lowest BCUT2D eigenvalue weighted by Gasteiger charge is -2.26. The summed E-state index contributed by atoms with van der Waals surface area (Å²) in [5.41, 5.74) is 5.15. The van der Waals surface area contributed by atoms with Crippen molar-refractivity contribution in [2.75, 3.05) is 13.1 Å². The van der Waals surface area contributed by atoms with Crippen molar-refractivity contribution in [2.45, 2.75) is 78.8 Å². The van der Waals surface area contributed by atoms with Crippen molar-refractivity contribution in [3.63, 3.8) is 0 Å². The summed E-state index contributed by atoms with van der Waals surface area (Å²) < 4.78 is 32.3. The Labute approximate surface area is 372 Å². The number of benzene rings is 4. The molecule has 6 unspecified atom stereocenters. The van der Waals surface area contributed by atoms with E-state index < -0.39 is 28.7 Å². The first-order valence-electron chi connectivity index (χ1n) is 17.9. The minimum absolute atomic E-state index is 0. The van der Waals surface area contributed by atoms with E-state index in [0.717, 1.165) is 22.3 Å². The molecular weight excluding hydrogens is 900 g/mol. The van der Waals surface area contributed by atoms with E-state index in [1.54, 1.807) is 36.4 Å². The maximum Gasteiger partial charge on any atom is 0.489 e. The summed E-state index contributed by atoms with van der Waals surface area (Å²) in [4.78, 5) is 58.0. The number of hydrogen-bond donors (Lipinski definition) is 2. The number of carbonyl (C=O) groups excluding carboxylic acids is 2. The summed E-state index contributed by atoms with van der Waals surface area (Å²) in [5, 5.41) is 3.67. The molecular formula is C40H52Cl4N4O10P2+2. The molecule has 14 nitrogen and oxygen atoms in total. The fourth-order valence-electron chi connectivity index (χ4n) is 5.41. The van der Waals surface area contributed by atoms with Crippen LogP contribution in [0.3, 0.4) is 0 Å². The molecule has 0 aliphatic rings. The molecule has 0 aliphatic heterocycles. The Balaban J connectivity index is 0.000000581. The zero-order valence-corrected chi connectivity index (χ0v) is 39.4. The number of carbonyl (C=O) groups is 2. The predicted octanol–water partition coefficient (Wildman–Crippen LogP) is 11.4. The lowest BCUT2D eigenvalue weighted by atomic mass is 10.1. The van der Waals surface area contributed by atoms with Gasteiger partial charge in [0.25, 0.3) is 0 Å². The Bertz CT molecular complexity index is 1880. The van der Waals surface area contributed by atoms with Gasteiger partial charge in [0.05, 0.1) is 33.2 Å². The van der Waals surface area contributed by atoms with Crippen LogP contribution in [0.25, 0.3) is 0 Å². The molecule has 0 saturated carbocycles. The van der Waals surface area contributed by atoms with Crippen molar-refractivity contribution >= 4 is 74.7 Å². The van der Waals surface area contributed by atoms with Crippen molar-refractivity contribution in [1.82, 2.24) is 22.4 Å². The first-order chi connectivity index (χ1) is 27.3. The van der Waals surface area contributed by atoms with Crippen molar-refractivity contribution < 1.29 is 47.2 Å². The van der Waals surface area contributed by atoms with Crippen molar-refractivity contribution in [1.29, 1.82) is 0 Å². The molecule has 0 fully saturated rings. The number of hydrogen-bond acceptors (Lipinski definition) is 10. The SMILES string of the molecule is CC(=O)N(CCC(O[P+](=O)[O-])c1ccc(Cl)c(Cl)c1)OC(C)c1ccc(C)cc1.CC(=O)N(CCC(O[P+](=O)[O-])c1ccc(Cl)c(Cl)c1)OC(C)c1ccc(C)cc1.[NH4+].[NH4+]. The van der Waals surface area contributed by atoms with Crippen LogP contribution in [0.2, 0.25) is 20.1 Å². The van der Waals surface area contributed by atoms with Crippen LogP contribution in [0.5, 0.6) is 0 Å². The highest BCUT2D eigenvalue weighted by Crippen LogP contribution is 2.35. The second kappa shape index (κ2) is 27.0. The smallest absolute Gasteiger partial charge is 0.489 e. The predicted molar refractivity (Wildman–Crippen MR) is 233 cm³/mol. The maximum atomic E-state index is 12.0. The molecule has 0 saturated heterocycles. The van der Waals surface area contributed by atoms with Crippen LogP contribution in [0, 0.1) is 13.8 Å². The van der Waals surface area contributed by atoms with Crippen LogP contribution in [0.1, 0.15) is 98.3 Å². The number of amides is 2. The monoisotopic (exact) mass is 950 g/mol. The minimum Gasteiger partial charge on any atom is -0.566 e. The van der Waals surface area contributed by atoms with Crippen LogP contribution >= 0.6 is 62.9 Å². The molecule has 0 radical (unpaired) electrons. The molecule has 6 atom stereocenters. The van der Waals surface area contributed by atoms with Gasteiger partial charge in [-0.1, -0.05) is 118 Å². The lowest BCUT2D eigenvalue weighted by Crippen LogP contribution is -2.32. The highest BCUT2D eigenvalue weighted by Gasteiger charge is 2.26. The van der Waals surface area contributed by atoms with E-state index in [2.05, 4.69) is 0 Å². The van der Waals surface area contributed by atoms with E-state index >= 15 is 0 Å². The van der Waals surface area contributed by atoms with E-state index in [1.165, 1.54) is 24.0 Å². The Morgan fingerprint density at radius 1 is 0.567 bits per heavy atom. The van der Waals surface area contributed by atoms with E-state index in [9.17, 15) is 28.5 Å². The van der Waals surface area contributed by atoms with Crippen molar-refractivity contribution in [2.24, 2.45) is 0 Å². The number of quaternary nitrogens is 2. The van der Waals surface area contributed by atoms with Gasteiger partial charge in [-0.15, -0.1) is 9.05 Å². The molecule has 4 rings (SSSR count). The molecule has 2 amide bonds. The summed E-state index contributed by atoms with van der Waals surface area (Å²) in [7, 11) is -6.21. The van der Waals surface area contributed by atoms with Gasteiger partial charge >= 0.3 is 16.5 Å². The number of aryl methyl sites for hydroxylation is 2. The highest BCUT2D eigenvalue weighted by molar-refractivity contribution is 7.30. The van der Waals surface area contributed by atoms with E-state index in [-0.39, 0.29) is 72.3 Å². The summed E-state index contributed by atoms with van der Waals surface area (Å²) in [6.07, 6.45) is -2.01. The Hall–Kier alpha value is -3.14. The largest absolute Gasteiger partial charge is 0.566 e. The third-order valence-electron chi connectivity index (χ3n) is 8.61. The van der Waals surface area contributed by atoms with E-state index in [4.69, 9.17) is 65.1 Å². The number of hydroxylamine groups is 4. The second-order valence-corrected chi connectivity index (χ2v) is 16.1. The summed E-state index contributed by atoms with van der Waals surface area (Å²) >= 11 is 23.9. The van der Waals surface area contributed by atoms with Gasteiger partial charge in [-0.2, -0.15) is 0 Å². The molecule has 4 aromatic rings. The standard InChI is InChI=1S/2C20H22Cl2NO5P.2H3N/c2*1-13-4-6-16(7-5-13)14(2)27-23(15(3)24)11-10-20(28-29(25)26)17-8-9-18(21)19(22)12-17;;/h2*4-9,12,14,20H,10-11H2,1-3H3;2*1H3/p+2. The van der Waals surface area contributed by atoms with Crippen LogP contribution in [0.4, 0.5) is 0 Å². The third kappa shape index (κ3) is 18.5. The minimum atomic E-state index is -3.10. The van der Waals surface area contributed by atoms with Gasteiger partial charge in [0.2, 0.25) is 11.8 Å². The number of nitrogens with zero attached hydrogens (tertiary/aromatic N) is 2. The van der Waals surface area contributed by atoms with E-state index in [1.807, 2.05) is 76.2 Å². The van der Waals surface area contributed by atoms with Gasteiger partial charge in [-0.25, -0.2) is 10.1 Å². The van der Waals surface area contributed by atoms with Gasteiger partial charge in [0, 0.05) is 26.7 Å². The van der Waals surface area contributed by atoms with Crippen LogP contribution in [-0.2, 0) is 37.4 Å². The summed E-state index contributed by atoms with van der Waals surface area (Å²) in [6, 6.07) is 25.1. The Morgan fingerprint density at radius 3 is 1.13 bits per heavy atom. The molecule has 0 heterocycles. The van der Waals surface area contributed by atoms with Crippen molar-refractivity contribution in [3.8, 4) is 0 Å². The molecule has 0 aliphatic carbocycles. The highest BCUT2D eigenvalue weighted by atomic mass is 35.5. The normalized spacial score (nSPS) is 13.2. The molecule has 0 aromatic heterocycles. The summed E-state index contributed by atoms with van der Waals surface area (Å²) in [5.74, 6) is -0.605. The number of rotatable bonds is 18. The third-order valence-corrected chi connectivity index (χ3v) is 10.9. The van der Waals surface area contributed by atoms with Gasteiger partial charge in [0.15, 0.2) is 0 Å². The molecule has 0 bridgehead atoms. The average Bonchev–Trinajstić information content (AvgIpc) is 3.16. The average molecular weight is 953 g/mol. The molecule has 60 heavy (non-hydrogen) atoms. The van der Waals surface area contributed by atoms with Crippen LogP contribution < -0.4 is 22.1 Å². The molecule has 20 heteroatoms. The van der Waals surface area contributed by atoms with Crippen LogP contribution in [-0.4, -0.2) is 35.0 Å². The fourth-order valence-corrected chi connectivity index (χ4v) is 6.89. The Morgan fingerprint density at radius 2 is 0.867 bits per heavy atom. The van der Waals surface area contributed by atoms with E-state index in [0.29, 0.717) is 21.2 Å². The second-order valence-electron chi connectivity index (χ2n) is 13.1. The van der Waals surface area contributed by atoms with Gasteiger partial charge in [0.1, 0.15) is 24.4 Å².